The van der Waals surface area contributed by atoms with Gasteiger partial charge in [-0.3, -0.25) is 4.98 Å². The second-order valence-corrected chi connectivity index (χ2v) is 10.2. The number of aliphatic hydroxyl groups is 1. The number of aromatic nitrogens is 1. The molecular formula is C27H30BrN2O2+. The normalized spacial score (nSPS) is 27.9. The number of nitrogens with zero attached hydrogens (tertiary/aromatic N) is 2. The first kappa shape index (κ1) is 21.6. The van der Waals surface area contributed by atoms with E-state index in [2.05, 4.69) is 57.8 Å². The highest BCUT2D eigenvalue weighted by Gasteiger charge is 2.54. The lowest BCUT2D eigenvalue weighted by molar-refractivity contribution is -0.985. The van der Waals surface area contributed by atoms with Gasteiger partial charge in [0.05, 0.1) is 25.7 Å². The highest BCUT2D eigenvalue weighted by atomic mass is 79.9. The molecule has 32 heavy (non-hydrogen) atoms. The van der Waals surface area contributed by atoms with E-state index < -0.39 is 6.10 Å². The average Bonchev–Trinajstić information content (AvgIpc) is 2.84. The van der Waals surface area contributed by atoms with Gasteiger partial charge in [-0.05, 0) is 41.8 Å². The molecular weight excluding hydrogens is 464 g/mol. The summed E-state index contributed by atoms with van der Waals surface area (Å²) in [6.07, 6.45) is 5.59. The van der Waals surface area contributed by atoms with Crippen LogP contribution in [0.25, 0.3) is 10.9 Å². The highest BCUT2D eigenvalue weighted by molar-refractivity contribution is 9.10. The predicted molar refractivity (Wildman–Crippen MR) is 131 cm³/mol. The first-order valence-corrected chi connectivity index (χ1v) is 12.2. The van der Waals surface area contributed by atoms with Crippen molar-refractivity contribution < 1.29 is 14.3 Å². The van der Waals surface area contributed by atoms with E-state index in [0.29, 0.717) is 11.8 Å². The minimum atomic E-state index is -0.566. The summed E-state index contributed by atoms with van der Waals surface area (Å²) in [6, 6.07) is 16.5. The van der Waals surface area contributed by atoms with Crippen LogP contribution in [0.3, 0.4) is 0 Å². The third kappa shape index (κ3) is 3.66. The molecule has 1 N–H and O–H groups in total. The SMILES string of the molecule is C=C[C@@H]1C[N@+]2(Cc3ccccc3Br)CC[C@H]1C[C@@H]2[C@H](O)c1ccnc2ccc(OC)cc12. The van der Waals surface area contributed by atoms with Crippen molar-refractivity contribution in [3.63, 3.8) is 0 Å². The maximum Gasteiger partial charge on any atom is 0.131 e. The number of hydrogen-bond donors (Lipinski definition) is 1. The molecule has 5 heteroatoms. The van der Waals surface area contributed by atoms with E-state index >= 15 is 0 Å². The zero-order chi connectivity index (χ0) is 22.3. The molecule has 0 spiro atoms. The maximum absolute atomic E-state index is 11.9. The Morgan fingerprint density at radius 1 is 1.28 bits per heavy atom. The van der Waals surface area contributed by atoms with Crippen LogP contribution in [0, 0.1) is 11.8 Å². The molecule has 3 aliphatic heterocycles. The monoisotopic (exact) mass is 493 g/mol. The summed E-state index contributed by atoms with van der Waals surface area (Å²) in [5.41, 5.74) is 3.14. The summed E-state index contributed by atoms with van der Waals surface area (Å²) >= 11 is 3.76. The molecule has 6 rings (SSSR count). The number of halogens is 1. The molecule has 0 radical (unpaired) electrons. The third-order valence-electron chi connectivity index (χ3n) is 7.78. The molecule has 1 aromatic heterocycles. The van der Waals surface area contributed by atoms with Crippen LogP contribution in [0.5, 0.6) is 5.75 Å². The van der Waals surface area contributed by atoms with E-state index in [-0.39, 0.29) is 6.04 Å². The number of benzene rings is 2. The average molecular weight is 494 g/mol. The standard InChI is InChI=1S/C27H30BrN2O2/c1-3-18-16-30(17-20-6-4-5-7-24(20)28)13-11-19(18)14-26(30)27(31)22-10-12-29-25-9-8-21(32-2)15-23(22)25/h3-10,12,15,18-19,26-27,31H,1,11,13-14,16-17H2,2H3/q+1/t18-,19+,26-,27-,30+/m1/s1. The van der Waals surface area contributed by atoms with Crippen LogP contribution >= 0.6 is 15.9 Å². The van der Waals surface area contributed by atoms with Crippen molar-refractivity contribution in [2.75, 3.05) is 20.2 Å². The van der Waals surface area contributed by atoms with Gasteiger partial charge in [0, 0.05) is 40.4 Å². The number of piperidine rings is 3. The number of hydrogen-bond acceptors (Lipinski definition) is 3. The highest BCUT2D eigenvalue weighted by Crippen LogP contribution is 2.48. The van der Waals surface area contributed by atoms with Crippen molar-refractivity contribution in [1.82, 2.24) is 4.98 Å². The predicted octanol–water partition coefficient (Wildman–Crippen LogP) is 5.65. The van der Waals surface area contributed by atoms with Crippen molar-refractivity contribution in [3.05, 3.63) is 83.0 Å². The molecule has 0 aliphatic carbocycles. The molecule has 0 amide bonds. The van der Waals surface area contributed by atoms with Gasteiger partial charge in [-0.25, -0.2) is 0 Å². The van der Waals surface area contributed by atoms with Gasteiger partial charge in [0.25, 0.3) is 0 Å². The van der Waals surface area contributed by atoms with Crippen LogP contribution in [0.2, 0.25) is 0 Å². The molecule has 166 valence electrons. The van der Waals surface area contributed by atoms with Crippen molar-refractivity contribution in [2.24, 2.45) is 11.8 Å². The minimum Gasteiger partial charge on any atom is -0.497 e. The smallest absolute Gasteiger partial charge is 0.131 e. The molecule has 3 fully saturated rings. The Labute approximate surface area is 198 Å². The molecule has 0 saturated carbocycles. The van der Waals surface area contributed by atoms with E-state index in [4.69, 9.17) is 4.74 Å². The molecule has 2 aromatic carbocycles. The van der Waals surface area contributed by atoms with E-state index in [9.17, 15) is 5.11 Å². The van der Waals surface area contributed by atoms with Gasteiger partial charge >= 0.3 is 0 Å². The fraction of sp³-hybridized carbons (Fsp3) is 0.370. The Morgan fingerprint density at radius 3 is 2.91 bits per heavy atom. The molecule has 0 unspecified atom stereocenters. The van der Waals surface area contributed by atoms with Crippen molar-refractivity contribution in [1.29, 1.82) is 0 Å². The summed E-state index contributed by atoms with van der Waals surface area (Å²) in [5.74, 6) is 1.88. The molecule has 3 aliphatic rings. The molecule has 3 aromatic rings. The van der Waals surface area contributed by atoms with Gasteiger partial charge in [-0.2, -0.15) is 0 Å². The summed E-state index contributed by atoms with van der Waals surface area (Å²) in [7, 11) is 1.67. The summed E-state index contributed by atoms with van der Waals surface area (Å²) in [5, 5.41) is 12.9. The Bertz CT molecular complexity index is 1150. The second kappa shape index (κ2) is 8.62. The van der Waals surface area contributed by atoms with Crippen molar-refractivity contribution >= 4 is 26.8 Å². The summed E-state index contributed by atoms with van der Waals surface area (Å²) in [4.78, 5) is 4.52. The Hall–Kier alpha value is -2.21. The number of aliphatic hydroxyl groups excluding tert-OH is 1. The second-order valence-electron chi connectivity index (χ2n) is 9.35. The largest absolute Gasteiger partial charge is 0.497 e. The van der Waals surface area contributed by atoms with E-state index in [1.807, 2.05) is 30.5 Å². The number of fused-ring (bicyclic) bond motifs is 4. The topological polar surface area (TPSA) is 42.4 Å². The number of methoxy groups -OCH3 is 1. The van der Waals surface area contributed by atoms with Gasteiger partial charge in [-0.1, -0.05) is 40.2 Å². The lowest BCUT2D eigenvalue weighted by Crippen LogP contribution is -2.67. The fourth-order valence-corrected chi connectivity index (χ4v) is 6.50. The van der Waals surface area contributed by atoms with Crippen LogP contribution < -0.4 is 4.74 Å². The number of quaternary nitrogens is 1. The molecule has 4 nitrogen and oxygen atoms in total. The van der Waals surface area contributed by atoms with Crippen LogP contribution in [0.15, 0.2) is 71.9 Å². The molecule has 2 bridgehead atoms. The molecule has 3 saturated heterocycles. The van der Waals surface area contributed by atoms with E-state index in [1.165, 1.54) is 12.0 Å². The van der Waals surface area contributed by atoms with E-state index in [1.54, 1.807) is 7.11 Å². The molecule has 5 atom stereocenters. The summed E-state index contributed by atoms with van der Waals surface area (Å²) < 4.78 is 7.50. The Morgan fingerprint density at radius 2 is 2.12 bits per heavy atom. The van der Waals surface area contributed by atoms with Gasteiger partial charge in [-0.15, -0.1) is 6.58 Å². The number of ether oxygens (including phenoxy) is 1. The van der Waals surface area contributed by atoms with Crippen molar-refractivity contribution in [3.8, 4) is 5.75 Å². The van der Waals surface area contributed by atoms with Crippen LogP contribution in [-0.2, 0) is 6.54 Å². The number of rotatable bonds is 6. The fourth-order valence-electron chi connectivity index (χ4n) is 6.09. The zero-order valence-corrected chi connectivity index (χ0v) is 20.0. The Kier molecular flexibility index (Phi) is 5.82. The molecule has 4 heterocycles. The minimum absolute atomic E-state index is 0.133. The zero-order valence-electron chi connectivity index (χ0n) is 18.5. The first-order chi connectivity index (χ1) is 15.5. The Balaban J connectivity index is 1.57. The van der Waals surface area contributed by atoms with Crippen LogP contribution in [0.4, 0.5) is 0 Å². The summed E-state index contributed by atoms with van der Waals surface area (Å²) in [6.45, 7) is 7.17. The first-order valence-electron chi connectivity index (χ1n) is 11.4. The third-order valence-corrected chi connectivity index (χ3v) is 8.56. The van der Waals surface area contributed by atoms with Crippen LogP contribution in [0.1, 0.15) is 30.1 Å². The van der Waals surface area contributed by atoms with Gasteiger partial charge in [0.1, 0.15) is 24.4 Å². The lowest BCUT2D eigenvalue weighted by atomic mass is 9.71. The van der Waals surface area contributed by atoms with Gasteiger partial charge < -0.3 is 14.3 Å². The van der Waals surface area contributed by atoms with Gasteiger partial charge in [0.2, 0.25) is 0 Å². The quantitative estimate of drug-likeness (QED) is 0.356. The van der Waals surface area contributed by atoms with Crippen molar-refractivity contribution in [2.45, 2.75) is 31.5 Å². The van der Waals surface area contributed by atoms with E-state index in [0.717, 1.165) is 57.2 Å². The lowest BCUT2D eigenvalue weighted by Gasteiger charge is -2.58. The van der Waals surface area contributed by atoms with Crippen LogP contribution in [-0.4, -0.2) is 40.8 Å². The van der Waals surface area contributed by atoms with Gasteiger partial charge in [0.15, 0.2) is 0 Å². The number of pyridine rings is 1. The maximum atomic E-state index is 11.9.